The van der Waals surface area contributed by atoms with Gasteiger partial charge in [-0.05, 0) is 37.7 Å². The first-order valence-corrected chi connectivity index (χ1v) is 9.29. The lowest BCUT2D eigenvalue weighted by atomic mass is 10.2. The lowest BCUT2D eigenvalue weighted by Crippen LogP contribution is -2.37. The number of thiophene rings is 1. The number of halogens is 1. The van der Waals surface area contributed by atoms with Gasteiger partial charge in [0.1, 0.15) is 0 Å². The van der Waals surface area contributed by atoms with Gasteiger partial charge in [0.2, 0.25) is 0 Å². The summed E-state index contributed by atoms with van der Waals surface area (Å²) in [6.07, 6.45) is 1.12. The van der Waals surface area contributed by atoms with E-state index in [1.165, 1.54) is 16.2 Å². The molecule has 100 valence electrons. The Balaban J connectivity index is 2.19. The Bertz CT molecular complexity index is 407. The highest BCUT2D eigenvalue weighted by Crippen LogP contribution is 2.32. The smallest absolute Gasteiger partial charge is 0.264 e. The zero-order valence-corrected chi connectivity index (χ0v) is 14.0. The van der Waals surface area contributed by atoms with Gasteiger partial charge in [-0.25, -0.2) is 0 Å². The van der Waals surface area contributed by atoms with Gasteiger partial charge in [0.05, 0.1) is 4.88 Å². The summed E-state index contributed by atoms with van der Waals surface area (Å²) in [6.45, 7) is 4.92. The van der Waals surface area contributed by atoms with Crippen LogP contribution in [0, 0.1) is 0 Å². The summed E-state index contributed by atoms with van der Waals surface area (Å²) < 4.78 is 0. The maximum atomic E-state index is 12.5. The van der Waals surface area contributed by atoms with Crippen LogP contribution >= 0.6 is 39.0 Å². The van der Waals surface area contributed by atoms with Crippen LogP contribution < -0.4 is 0 Å². The van der Waals surface area contributed by atoms with Crippen LogP contribution in [0.15, 0.2) is 6.07 Å². The summed E-state index contributed by atoms with van der Waals surface area (Å²) in [5.74, 6) is 2.45. The largest absolute Gasteiger partial charge is 0.335 e. The molecule has 0 N–H and O–H groups in total. The van der Waals surface area contributed by atoms with Gasteiger partial charge in [-0.1, -0.05) is 15.9 Å². The predicted octanol–water partition coefficient (Wildman–Crippen LogP) is 3.78. The molecular weight excluding hydrogens is 330 g/mol. The minimum Gasteiger partial charge on any atom is -0.335 e. The molecule has 0 saturated heterocycles. The average molecular weight is 348 g/mol. The molecule has 2 nitrogen and oxygen atoms in total. The van der Waals surface area contributed by atoms with Gasteiger partial charge >= 0.3 is 0 Å². The Morgan fingerprint density at radius 1 is 1.56 bits per heavy atom. The summed E-state index contributed by atoms with van der Waals surface area (Å²) in [6, 6.07) is 2.36. The SMILES string of the molecule is CC(C)N(CCBr)C(=O)c1cc2c(s1)CCSC2. The molecule has 1 aromatic rings. The molecule has 2 rings (SSSR count). The van der Waals surface area contributed by atoms with E-state index >= 15 is 0 Å². The summed E-state index contributed by atoms with van der Waals surface area (Å²) in [4.78, 5) is 16.8. The fourth-order valence-corrected chi connectivity index (χ4v) is 4.79. The van der Waals surface area contributed by atoms with Crippen LogP contribution in [0.3, 0.4) is 0 Å². The minimum atomic E-state index is 0.189. The van der Waals surface area contributed by atoms with E-state index in [1.54, 1.807) is 11.3 Å². The van der Waals surface area contributed by atoms with Crippen molar-refractivity contribution in [3.8, 4) is 0 Å². The fourth-order valence-electron chi connectivity index (χ4n) is 2.08. The molecule has 1 amide bonds. The maximum absolute atomic E-state index is 12.5. The summed E-state index contributed by atoms with van der Waals surface area (Å²) in [5, 5.41) is 0.831. The monoisotopic (exact) mass is 347 g/mol. The molecule has 0 spiro atoms. The zero-order chi connectivity index (χ0) is 13.1. The number of hydrogen-bond acceptors (Lipinski definition) is 3. The van der Waals surface area contributed by atoms with Crippen LogP contribution in [0.4, 0.5) is 0 Å². The van der Waals surface area contributed by atoms with Gasteiger partial charge in [-0.15, -0.1) is 11.3 Å². The van der Waals surface area contributed by atoms with Gasteiger partial charge in [-0.2, -0.15) is 11.8 Å². The topological polar surface area (TPSA) is 20.3 Å². The molecule has 0 bridgehead atoms. The Morgan fingerprint density at radius 2 is 2.33 bits per heavy atom. The average Bonchev–Trinajstić information content (AvgIpc) is 2.78. The quantitative estimate of drug-likeness (QED) is 0.772. The summed E-state index contributed by atoms with van der Waals surface area (Å²) in [7, 11) is 0. The molecular formula is C13H18BrNOS2. The third-order valence-corrected chi connectivity index (χ3v) is 5.64. The number of carbonyl (C=O) groups is 1. The van der Waals surface area contributed by atoms with Gasteiger partial charge in [-0.3, -0.25) is 4.79 Å². The molecule has 1 aliphatic heterocycles. The van der Waals surface area contributed by atoms with Gasteiger partial charge in [0.15, 0.2) is 0 Å². The van der Waals surface area contributed by atoms with Crippen LogP contribution in [0.1, 0.15) is 34.0 Å². The highest BCUT2D eigenvalue weighted by molar-refractivity contribution is 9.09. The Kier molecular flexibility index (Phi) is 5.15. The number of fused-ring (bicyclic) bond motifs is 1. The molecule has 0 unspecified atom stereocenters. The second-order valence-electron chi connectivity index (χ2n) is 4.64. The molecule has 0 saturated carbocycles. The standard InChI is InChI=1S/C13H18BrNOS2/c1-9(2)15(5-4-14)13(16)12-7-10-8-17-6-3-11(10)18-12/h7,9H,3-6,8H2,1-2H3. The Hall–Kier alpha value is -0.000000000000000111. The first-order valence-electron chi connectivity index (χ1n) is 6.19. The third-order valence-electron chi connectivity index (χ3n) is 3.05. The first kappa shape index (κ1) is 14.4. The van der Waals surface area contributed by atoms with Crippen molar-refractivity contribution in [1.82, 2.24) is 4.90 Å². The molecule has 5 heteroatoms. The molecule has 0 aliphatic carbocycles. The van der Waals surface area contributed by atoms with Crippen molar-refractivity contribution < 1.29 is 4.79 Å². The normalized spacial score (nSPS) is 14.7. The molecule has 0 fully saturated rings. The van der Waals surface area contributed by atoms with Crippen LogP contribution in [0.25, 0.3) is 0 Å². The van der Waals surface area contributed by atoms with E-state index in [9.17, 15) is 4.79 Å². The molecule has 1 aliphatic rings. The highest BCUT2D eigenvalue weighted by Gasteiger charge is 2.22. The molecule has 18 heavy (non-hydrogen) atoms. The van der Waals surface area contributed by atoms with E-state index in [1.807, 2.05) is 16.7 Å². The number of hydrogen-bond donors (Lipinski definition) is 0. The van der Waals surface area contributed by atoms with Crippen LogP contribution in [-0.4, -0.2) is 34.5 Å². The number of nitrogens with zero attached hydrogens (tertiary/aromatic N) is 1. The Morgan fingerprint density at radius 3 is 2.94 bits per heavy atom. The predicted molar refractivity (Wildman–Crippen MR) is 84.2 cm³/mol. The van der Waals surface area contributed by atoms with Crippen molar-refractivity contribution in [1.29, 1.82) is 0 Å². The van der Waals surface area contributed by atoms with Gasteiger partial charge in [0, 0.05) is 28.5 Å². The molecule has 0 aromatic carbocycles. The van der Waals surface area contributed by atoms with E-state index in [4.69, 9.17) is 0 Å². The zero-order valence-electron chi connectivity index (χ0n) is 10.7. The number of thioether (sulfide) groups is 1. The van der Waals surface area contributed by atoms with E-state index in [0.717, 1.165) is 28.9 Å². The van der Waals surface area contributed by atoms with Crippen LogP contribution in [-0.2, 0) is 12.2 Å². The summed E-state index contributed by atoms with van der Waals surface area (Å²) in [5.41, 5.74) is 1.38. The lowest BCUT2D eigenvalue weighted by molar-refractivity contribution is 0.0724. The third kappa shape index (κ3) is 3.11. The van der Waals surface area contributed by atoms with Crippen molar-refractivity contribution in [3.63, 3.8) is 0 Å². The van der Waals surface area contributed by atoms with Crippen molar-refractivity contribution in [2.45, 2.75) is 32.1 Å². The molecule has 0 atom stereocenters. The van der Waals surface area contributed by atoms with Gasteiger partial charge < -0.3 is 4.90 Å². The van der Waals surface area contributed by atoms with E-state index in [2.05, 4.69) is 35.8 Å². The van der Waals surface area contributed by atoms with Crippen molar-refractivity contribution >= 4 is 44.9 Å². The number of carbonyl (C=O) groups excluding carboxylic acids is 1. The molecule has 1 aromatic heterocycles. The number of rotatable bonds is 4. The minimum absolute atomic E-state index is 0.189. The van der Waals surface area contributed by atoms with Crippen molar-refractivity contribution in [2.24, 2.45) is 0 Å². The number of amides is 1. The first-order chi connectivity index (χ1) is 8.63. The van der Waals surface area contributed by atoms with Gasteiger partial charge in [0.25, 0.3) is 5.91 Å². The molecule has 0 radical (unpaired) electrons. The number of alkyl halides is 1. The maximum Gasteiger partial charge on any atom is 0.264 e. The summed E-state index contributed by atoms with van der Waals surface area (Å²) >= 11 is 7.08. The van der Waals surface area contributed by atoms with Crippen LogP contribution in [0.2, 0.25) is 0 Å². The second kappa shape index (κ2) is 6.44. The highest BCUT2D eigenvalue weighted by atomic mass is 79.9. The van der Waals surface area contributed by atoms with E-state index in [0.29, 0.717) is 0 Å². The van der Waals surface area contributed by atoms with E-state index in [-0.39, 0.29) is 11.9 Å². The lowest BCUT2D eigenvalue weighted by Gasteiger charge is -2.25. The van der Waals surface area contributed by atoms with Crippen molar-refractivity contribution in [3.05, 3.63) is 21.4 Å². The fraction of sp³-hybridized carbons (Fsp3) is 0.615. The second-order valence-corrected chi connectivity index (χ2v) is 7.68. The molecule has 2 heterocycles. The van der Waals surface area contributed by atoms with Crippen LogP contribution in [0.5, 0.6) is 0 Å². The van der Waals surface area contributed by atoms with Crippen molar-refractivity contribution in [2.75, 3.05) is 17.6 Å². The van der Waals surface area contributed by atoms with E-state index < -0.39 is 0 Å². The Labute approximate surface area is 125 Å². The number of aryl methyl sites for hydroxylation is 1.